The molecule has 3 atom stereocenters. The maximum atomic E-state index is 12.4. The van der Waals surface area contributed by atoms with E-state index in [1.54, 1.807) is 0 Å². The summed E-state index contributed by atoms with van der Waals surface area (Å²) in [5.41, 5.74) is 6.08. The van der Waals surface area contributed by atoms with Crippen LogP contribution in [0.15, 0.2) is 0 Å². The van der Waals surface area contributed by atoms with Crippen LogP contribution in [-0.2, 0) is 4.79 Å². The summed E-state index contributed by atoms with van der Waals surface area (Å²) >= 11 is 0. The molecule has 0 aromatic rings. The molecule has 1 amide bonds. The van der Waals surface area contributed by atoms with Gasteiger partial charge in [-0.05, 0) is 32.2 Å². The number of hydrogen-bond acceptors (Lipinski definition) is 3. The topological polar surface area (TPSA) is 49.6 Å². The van der Waals surface area contributed by atoms with Gasteiger partial charge in [-0.3, -0.25) is 4.79 Å². The van der Waals surface area contributed by atoms with Gasteiger partial charge >= 0.3 is 0 Å². The van der Waals surface area contributed by atoms with Crippen LogP contribution in [0.25, 0.3) is 0 Å². The van der Waals surface area contributed by atoms with E-state index in [0.29, 0.717) is 11.8 Å². The highest BCUT2D eigenvalue weighted by Gasteiger charge is 2.32. The number of likely N-dealkylation sites (N-methyl/N-ethyl adjacent to an activating group) is 1. The summed E-state index contributed by atoms with van der Waals surface area (Å²) in [5, 5.41) is 0. The van der Waals surface area contributed by atoms with E-state index in [1.165, 1.54) is 0 Å². The lowest BCUT2D eigenvalue weighted by Gasteiger charge is -2.37. The molecular weight excluding hydrogens is 214 g/mol. The molecule has 0 spiro atoms. The largest absolute Gasteiger partial charge is 0.340 e. The number of amides is 1. The van der Waals surface area contributed by atoms with Gasteiger partial charge in [0.25, 0.3) is 0 Å². The Morgan fingerprint density at radius 3 is 2.41 bits per heavy atom. The average molecular weight is 239 g/mol. The predicted octanol–water partition coefficient (Wildman–Crippen LogP) is 0.524. The van der Waals surface area contributed by atoms with Crippen molar-refractivity contribution in [1.82, 2.24) is 9.80 Å². The Kier molecular flexibility index (Phi) is 4.05. The Morgan fingerprint density at radius 1 is 1.18 bits per heavy atom. The molecule has 2 fully saturated rings. The van der Waals surface area contributed by atoms with Crippen LogP contribution in [0.4, 0.5) is 0 Å². The minimum absolute atomic E-state index is 0.185. The number of carbonyl (C=O) groups excluding carboxylic acids is 1. The highest BCUT2D eigenvalue weighted by atomic mass is 16.2. The Bertz CT molecular complexity index is 274. The maximum absolute atomic E-state index is 12.4. The summed E-state index contributed by atoms with van der Waals surface area (Å²) in [5.74, 6) is 1.11. The summed E-state index contributed by atoms with van der Waals surface area (Å²) in [6, 6.07) is 0.213. The zero-order valence-corrected chi connectivity index (χ0v) is 11.1. The molecule has 1 aliphatic heterocycles. The first kappa shape index (κ1) is 12.8. The number of nitrogens with zero attached hydrogens (tertiary/aromatic N) is 2. The Hall–Kier alpha value is -0.610. The maximum Gasteiger partial charge on any atom is 0.225 e. The van der Waals surface area contributed by atoms with Crippen LogP contribution in [0.5, 0.6) is 0 Å². The first-order chi connectivity index (χ1) is 8.08. The third kappa shape index (κ3) is 2.99. The average Bonchev–Trinajstić information content (AvgIpc) is 2.33. The van der Waals surface area contributed by atoms with Gasteiger partial charge in [0.2, 0.25) is 5.91 Å². The fourth-order valence-corrected chi connectivity index (χ4v) is 2.87. The van der Waals surface area contributed by atoms with Crippen molar-refractivity contribution in [2.45, 2.75) is 32.2 Å². The number of hydrogen-bond donors (Lipinski definition) is 1. The summed E-state index contributed by atoms with van der Waals surface area (Å²) in [6.07, 6.45) is 3.01. The number of piperazine rings is 1. The molecule has 1 saturated heterocycles. The number of rotatable bonds is 1. The highest BCUT2D eigenvalue weighted by Crippen LogP contribution is 2.29. The molecule has 0 radical (unpaired) electrons. The molecule has 17 heavy (non-hydrogen) atoms. The fraction of sp³-hybridized carbons (Fsp3) is 0.923. The molecule has 4 heteroatoms. The van der Waals surface area contributed by atoms with Gasteiger partial charge in [-0.1, -0.05) is 6.92 Å². The monoisotopic (exact) mass is 239 g/mol. The van der Waals surface area contributed by atoms with E-state index < -0.39 is 0 Å². The van der Waals surface area contributed by atoms with Gasteiger partial charge in [-0.2, -0.15) is 0 Å². The van der Waals surface area contributed by atoms with Crippen molar-refractivity contribution in [3.8, 4) is 0 Å². The SMILES string of the molecule is CC1CCC(C(=O)N2CCN(C)CC2)CC1N. The molecule has 2 aliphatic rings. The van der Waals surface area contributed by atoms with Crippen molar-refractivity contribution in [3.05, 3.63) is 0 Å². The van der Waals surface area contributed by atoms with Crippen LogP contribution in [0.2, 0.25) is 0 Å². The number of nitrogens with two attached hydrogens (primary N) is 1. The lowest BCUT2D eigenvalue weighted by Crippen LogP contribution is -2.50. The molecule has 3 unspecified atom stereocenters. The number of carbonyl (C=O) groups is 1. The predicted molar refractivity (Wildman–Crippen MR) is 68.6 cm³/mol. The van der Waals surface area contributed by atoms with Crippen molar-refractivity contribution < 1.29 is 4.79 Å². The standard InChI is InChI=1S/C13H25N3O/c1-10-3-4-11(9-12(10)14)13(17)16-7-5-15(2)6-8-16/h10-12H,3-9,14H2,1-2H3. The smallest absolute Gasteiger partial charge is 0.225 e. The van der Waals surface area contributed by atoms with Gasteiger partial charge in [0.05, 0.1) is 0 Å². The van der Waals surface area contributed by atoms with E-state index in [0.717, 1.165) is 45.4 Å². The molecule has 2 rings (SSSR count). The molecule has 0 bridgehead atoms. The molecule has 98 valence electrons. The van der Waals surface area contributed by atoms with E-state index in [1.807, 2.05) is 4.90 Å². The molecule has 4 nitrogen and oxygen atoms in total. The Labute approximate surface area is 104 Å². The van der Waals surface area contributed by atoms with Crippen LogP contribution in [0, 0.1) is 11.8 Å². The van der Waals surface area contributed by atoms with Crippen molar-refractivity contribution >= 4 is 5.91 Å². The molecule has 0 aromatic heterocycles. The van der Waals surface area contributed by atoms with Crippen LogP contribution in [0.3, 0.4) is 0 Å². The Balaban J connectivity index is 1.87. The summed E-state index contributed by atoms with van der Waals surface area (Å²) < 4.78 is 0. The first-order valence-electron chi connectivity index (χ1n) is 6.81. The summed E-state index contributed by atoms with van der Waals surface area (Å²) in [6.45, 7) is 5.97. The van der Waals surface area contributed by atoms with E-state index in [-0.39, 0.29) is 12.0 Å². The van der Waals surface area contributed by atoms with Gasteiger partial charge in [0.1, 0.15) is 0 Å². The normalized spacial score (nSPS) is 35.9. The fourth-order valence-electron chi connectivity index (χ4n) is 2.87. The first-order valence-corrected chi connectivity index (χ1v) is 6.81. The van der Waals surface area contributed by atoms with Crippen LogP contribution in [0.1, 0.15) is 26.2 Å². The second kappa shape index (κ2) is 5.36. The van der Waals surface area contributed by atoms with E-state index in [2.05, 4.69) is 18.9 Å². The van der Waals surface area contributed by atoms with Gasteiger partial charge in [0.15, 0.2) is 0 Å². The van der Waals surface area contributed by atoms with Gasteiger partial charge in [0, 0.05) is 38.1 Å². The molecule has 1 saturated carbocycles. The van der Waals surface area contributed by atoms with Crippen molar-refractivity contribution in [1.29, 1.82) is 0 Å². The highest BCUT2D eigenvalue weighted by molar-refractivity contribution is 5.79. The summed E-state index contributed by atoms with van der Waals surface area (Å²) in [4.78, 5) is 16.7. The van der Waals surface area contributed by atoms with Gasteiger partial charge in [-0.15, -0.1) is 0 Å². The zero-order chi connectivity index (χ0) is 12.4. The molecule has 1 aliphatic carbocycles. The van der Waals surface area contributed by atoms with Crippen LogP contribution < -0.4 is 5.73 Å². The zero-order valence-electron chi connectivity index (χ0n) is 11.1. The quantitative estimate of drug-likeness (QED) is 0.726. The molecular formula is C13H25N3O. The van der Waals surface area contributed by atoms with Gasteiger partial charge < -0.3 is 15.5 Å². The molecule has 2 N–H and O–H groups in total. The van der Waals surface area contributed by atoms with E-state index >= 15 is 0 Å². The Morgan fingerprint density at radius 2 is 1.82 bits per heavy atom. The van der Waals surface area contributed by atoms with Crippen molar-refractivity contribution in [2.75, 3.05) is 33.2 Å². The van der Waals surface area contributed by atoms with Crippen molar-refractivity contribution in [3.63, 3.8) is 0 Å². The summed E-state index contributed by atoms with van der Waals surface area (Å²) in [7, 11) is 2.11. The van der Waals surface area contributed by atoms with E-state index in [9.17, 15) is 4.79 Å². The third-order valence-electron chi connectivity index (χ3n) is 4.42. The minimum atomic E-state index is 0.185. The van der Waals surface area contributed by atoms with Crippen LogP contribution in [-0.4, -0.2) is 55.0 Å². The van der Waals surface area contributed by atoms with Gasteiger partial charge in [-0.25, -0.2) is 0 Å². The molecule has 1 heterocycles. The van der Waals surface area contributed by atoms with E-state index in [4.69, 9.17) is 5.73 Å². The molecule has 0 aromatic carbocycles. The van der Waals surface area contributed by atoms with Crippen LogP contribution >= 0.6 is 0 Å². The second-order valence-corrected chi connectivity index (χ2v) is 5.78. The minimum Gasteiger partial charge on any atom is -0.340 e. The second-order valence-electron chi connectivity index (χ2n) is 5.78. The van der Waals surface area contributed by atoms with Crippen molar-refractivity contribution in [2.24, 2.45) is 17.6 Å². The lowest BCUT2D eigenvalue weighted by atomic mass is 9.79. The lowest BCUT2D eigenvalue weighted by molar-refractivity contribution is -0.138. The third-order valence-corrected chi connectivity index (χ3v) is 4.42.